The van der Waals surface area contributed by atoms with Crippen LogP contribution in [0.2, 0.25) is 0 Å². The lowest BCUT2D eigenvalue weighted by Gasteiger charge is -2.09. The van der Waals surface area contributed by atoms with Crippen molar-refractivity contribution in [3.63, 3.8) is 0 Å². The van der Waals surface area contributed by atoms with E-state index < -0.39 is 11.9 Å². The minimum atomic E-state index is -1.15. The Kier molecular flexibility index (Phi) is 3.78. The van der Waals surface area contributed by atoms with Gasteiger partial charge >= 0.3 is 5.97 Å². The fraction of sp³-hybridized carbons (Fsp3) is 0.400. The molecule has 0 N–H and O–H groups in total. The predicted molar refractivity (Wildman–Crippen MR) is 52.9 cm³/mol. The van der Waals surface area contributed by atoms with Gasteiger partial charge in [-0.05, 0) is 6.92 Å². The zero-order valence-electron chi connectivity index (χ0n) is 9.01. The monoisotopic (exact) mass is 221 g/mol. The van der Waals surface area contributed by atoms with E-state index >= 15 is 0 Å². The predicted octanol–water partition coefficient (Wildman–Crippen LogP) is 0.194. The molecule has 16 heavy (non-hydrogen) atoms. The van der Waals surface area contributed by atoms with Crippen molar-refractivity contribution in [2.75, 3.05) is 6.61 Å². The van der Waals surface area contributed by atoms with Crippen molar-refractivity contribution < 1.29 is 14.3 Å². The van der Waals surface area contributed by atoms with Gasteiger partial charge in [0.25, 0.3) is 0 Å². The summed E-state index contributed by atoms with van der Waals surface area (Å²) in [7, 11) is 0. The average molecular weight is 221 g/mol. The molecule has 0 radical (unpaired) electrons. The third-order valence-electron chi connectivity index (χ3n) is 2.04. The smallest absolute Gasteiger partial charge is 0.329 e. The zero-order valence-corrected chi connectivity index (χ0v) is 9.01. The highest BCUT2D eigenvalue weighted by Crippen LogP contribution is 2.15. The van der Waals surface area contributed by atoms with Gasteiger partial charge in [0.15, 0.2) is 12.1 Å². The van der Waals surface area contributed by atoms with E-state index in [9.17, 15) is 10.0 Å². The summed E-state index contributed by atoms with van der Waals surface area (Å²) in [6.07, 6.45) is 2.46. The van der Waals surface area contributed by atoms with Crippen LogP contribution in [-0.2, 0) is 9.53 Å². The molecule has 6 nitrogen and oxygen atoms in total. The van der Waals surface area contributed by atoms with Crippen LogP contribution in [0.4, 0.5) is 0 Å². The number of rotatable bonds is 3. The molecule has 84 valence electrons. The Morgan fingerprint density at radius 3 is 3.06 bits per heavy atom. The van der Waals surface area contributed by atoms with Gasteiger partial charge in [-0.1, -0.05) is 0 Å². The van der Waals surface area contributed by atoms with E-state index in [4.69, 9.17) is 10.00 Å². The maximum Gasteiger partial charge on any atom is 0.329 e. The molecule has 1 atom stereocenters. The number of hydrogen-bond acceptors (Lipinski definition) is 5. The first kappa shape index (κ1) is 11.9. The largest absolute Gasteiger partial charge is 0.618 e. The first-order valence-corrected chi connectivity index (χ1v) is 4.72. The summed E-state index contributed by atoms with van der Waals surface area (Å²) < 4.78 is 5.29. The molecule has 0 spiro atoms. The summed E-state index contributed by atoms with van der Waals surface area (Å²) in [5, 5.41) is 20.1. The summed E-state index contributed by atoms with van der Waals surface area (Å²) >= 11 is 0. The second-order valence-electron chi connectivity index (χ2n) is 3.04. The quantitative estimate of drug-likeness (QED) is 0.413. The minimum Gasteiger partial charge on any atom is -0.618 e. The molecule has 6 heteroatoms. The van der Waals surface area contributed by atoms with Crippen LogP contribution >= 0.6 is 0 Å². The topological polar surface area (TPSA) is 89.9 Å². The molecule has 0 saturated carbocycles. The Balaban J connectivity index is 3.10. The highest BCUT2D eigenvalue weighted by Gasteiger charge is 2.28. The highest BCUT2D eigenvalue weighted by atomic mass is 16.5. The van der Waals surface area contributed by atoms with Gasteiger partial charge in [-0.2, -0.15) is 9.99 Å². The molecule has 0 aliphatic rings. The number of carbonyl (C=O) groups excluding carboxylic acids is 1. The fourth-order valence-electron chi connectivity index (χ4n) is 1.23. The van der Waals surface area contributed by atoms with Crippen molar-refractivity contribution >= 4 is 5.97 Å². The van der Waals surface area contributed by atoms with Crippen LogP contribution in [0.15, 0.2) is 12.4 Å². The molecule has 0 fully saturated rings. The van der Waals surface area contributed by atoms with Gasteiger partial charge in [0.1, 0.15) is 5.69 Å². The van der Waals surface area contributed by atoms with E-state index in [1.807, 2.05) is 0 Å². The lowest BCUT2D eigenvalue weighted by molar-refractivity contribution is -0.613. The summed E-state index contributed by atoms with van der Waals surface area (Å²) in [4.78, 5) is 15.3. The lowest BCUT2D eigenvalue weighted by atomic mass is 10.1. The number of nitrogens with zero attached hydrogens (tertiary/aromatic N) is 3. The third-order valence-corrected chi connectivity index (χ3v) is 2.04. The van der Waals surface area contributed by atoms with E-state index in [0.717, 1.165) is 0 Å². The molecule has 0 amide bonds. The maximum absolute atomic E-state index is 11.4. The first-order chi connectivity index (χ1) is 7.61. The number of ether oxygens (including phenoxy) is 1. The van der Waals surface area contributed by atoms with Crippen LogP contribution in [0.1, 0.15) is 24.2 Å². The van der Waals surface area contributed by atoms with Gasteiger partial charge in [0.05, 0.1) is 18.9 Å². The summed E-state index contributed by atoms with van der Waals surface area (Å²) in [5.41, 5.74) is 0.362. The molecule has 0 saturated heterocycles. The van der Waals surface area contributed by atoms with E-state index in [1.165, 1.54) is 19.3 Å². The van der Waals surface area contributed by atoms with Crippen LogP contribution in [0.25, 0.3) is 0 Å². The second kappa shape index (κ2) is 5.07. The zero-order chi connectivity index (χ0) is 12.1. The van der Waals surface area contributed by atoms with Gasteiger partial charge in [0, 0.05) is 6.92 Å². The summed E-state index contributed by atoms with van der Waals surface area (Å²) in [6, 6.07) is 1.78. The number of nitriles is 1. The van der Waals surface area contributed by atoms with Gasteiger partial charge < -0.3 is 9.94 Å². The Morgan fingerprint density at radius 1 is 1.81 bits per heavy atom. The van der Waals surface area contributed by atoms with E-state index in [2.05, 4.69) is 4.98 Å². The van der Waals surface area contributed by atoms with Crippen molar-refractivity contribution in [1.82, 2.24) is 4.98 Å². The maximum atomic E-state index is 11.4. The van der Waals surface area contributed by atoms with Gasteiger partial charge in [0.2, 0.25) is 5.69 Å². The SMILES string of the molecule is CCOC(=O)[C@H](C#N)c1ncc[n+]([O-])c1C. The molecule has 0 aromatic carbocycles. The van der Waals surface area contributed by atoms with E-state index in [0.29, 0.717) is 4.73 Å². The highest BCUT2D eigenvalue weighted by molar-refractivity contribution is 5.80. The van der Waals surface area contributed by atoms with Crippen LogP contribution < -0.4 is 4.73 Å². The molecule has 0 unspecified atom stereocenters. The van der Waals surface area contributed by atoms with Crippen molar-refractivity contribution in [3.05, 3.63) is 29.0 Å². The lowest BCUT2D eigenvalue weighted by Crippen LogP contribution is -2.33. The average Bonchev–Trinajstić information content (AvgIpc) is 2.25. The molecule has 0 aliphatic heterocycles. The van der Waals surface area contributed by atoms with Gasteiger partial charge in [-0.25, -0.2) is 4.98 Å². The Bertz CT molecular complexity index is 439. The molecule has 0 bridgehead atoms. The number of aromatic nitrogens is 2. The van der Waals surface area contributed by atoms with Crippen LogP contribution in [0, 0.1) is 23.5 Å². The summed E-state index contributed by atoms with van der Waals surface area (Å²) in [6.45, 7) is 3.32. The van der Waals surface area contributed by atoms with Gasteiger partial charge in [-0.15, -0.1) is 0 Å². The molecule has 1 rings (SSSR count). The van der Waals surface area contributed by atoms with Crippen molar-refractivity contribution in [1.29, 1.82) is 5.26 Å². The van der Waals surface area contributed by atoms with Crippen LogP contribution in [-0.4, -0.2) is 17.6 Å². The van der Waals surface area contributed by atoms with Gasteiger partial charge in [-0.3, -0.25) is 4.79 Å². The van der Waals surface area contributed by atoms with E-state index in [-0.39, 0.29) is 18.0 Å². The van der Waals surface area contributed by atoms with Crippen LogP contribution in [0.5, 0.6) is 0 Å². The Hall–Kier alpha value is -2.16. The number of carbonyl (C=O) groups is 1. The van der Waals surface area contributed by atoms with E-state index in [1.54, 1.807) is 13.0 Å². The van der Waals surface area contributed by atoms with Crippen molar-refractivity contribution in [2.45, 2.75) is 19.8 Å². The second-order valence-corrected chi connectivity index (χ2v) is 3.04. The first-order valence-electron chi connectivity index (χ1n) is 4.72. The van der Waals surface area contributed by atoms with Crippen LogP contribution in [0.3, 0.4) is 0 Å². The van der Waals surface area contributed by atoms with Crippen molar-refractivity contribution in [2.24, 2.45) is 0 Å². The molecule has 0 aliphatic carbocycles. The Labute approximate surface area is 92.7 Å². The summed E-state index contributed by atoms with van der Waals surface area (Å²) in [5.74, 6) is -1.84. The number of hydrogen-bond donors (Lipinski definition) is 0. The minimum absolute atomic E-state index is 0.137. The molecule has 1 aromatic heterocycles. The van der Waals surface area contributed by atoms with Crippen molar-refractivity contribution in [3.8, 4) is 6.07 Å². The molecule has 1 heterocycles. The number of esters is 1. The standard InChI is InChI=1S/C10H11N3O3/c1-3-16-10(14)8(6-11)9-7(2)13(15)5-4-12-9/h4-5,8H,3H2,1-2H3/t8-/m1/s1. The molecular formula is C10H11N3O3. The molecular weight excluding hydrogens is 210 g/mol. The Morgan fingerprint density at radius 2 is 2.50 bits per heavy atom. The third kappa shape index (κ3) is 2.25. The normalized spacial score (nSPS) is 11.6. The fourth-order valence-corrected chi connectivity index (χ4v) is 1.23. The molecule has 1 aromatic rings.